The van der Waals surface area contributed by atoms with Crippen molar-refractivity contribution >= 4 is 16.7 Å². The molecule has 0 unspecified atom stereocenters. The maximum absolute atomic E-state index is 12.3. The van der Waals surface area contributed by atoms with Crippen molar-refractivity contribution in [1.29, 1.82) is 0 Å². The van der Waals surface area contributed by atoms with Gasteiger partial charge in [0.2, 0.25) is 0 Å². The average molecular weight is 531 g/mol. The van der Waals surface area contributed by atoms with E-state index >= 15 is 0 Å². The summed E-state index contributed by atoms with van der Waals surface area (Å²) in [4.78, 5) is 21.1. The van der Waals surface area contributed by atoms with Gasteiger partial charge in [-0.1, -0.05) is 66.7 Å². The summed E-state index contributed by atoms with van der Waals surface area (Å²) in [7, 11) is 1.96. The van der Waals surface area contributed by atoms with Crippen LogP contribution < -0.4 is 10.5 Å². The number of fused-ring (bicyclic) bond motifs is 1. The van der Waals surface area contributed by atoms with Gasteiger partial charge >= 0.3 is 0 Å². The maximum Gasteiger partial charge on any atom is 0.286 e. The van der Waals surface area contributed by atoms with Crippen LogP contribution in [-0.4, -0.2) is 40.0 Å². The lowest BCUT2D eigenvalue weighted by Gasteiger charge is -2.32. The fourth-order valence-corrected chi connectivity index (χ4v) is 5.91. The van der Waals surface area contributed by atoms with Crippen molar-refractivity contribution in [3.05, 3.63) is 130 Å². The van der Waals surface area contributed by atoms with Crippen molar-refractivity contribution in [2.45, 2.75) is 31.8 Å². The smallest absolute Gasteiger partial charge is 0.286 e. The fraction of sp³-hybridized carbons (Fsp3) is 0.235. The lowest BCUT2D eigenvalue weighted by Crippen LogP contribution is -2.32. The van der Waals surface area contributed by atoms with Crippen molar-refractivity contribution in [1.82, 2.24) is 14.6 Å². The number of nitrogens with zero attached hydrogens (tertiary/aromatic N) is 4. The molecule has 40 heavy (non-hydrogen) atoms. The summed E-state index contributed by atoms with van der Waals surface area (Å²) in [6.45, 7) is 3.82. The van der Waals surface area contributed by atoms with Crippen LogP contribution in [0.15, 0.2) is 108 Å². The number of hydrogen-bond donors (Lipinski definition) is 1. The minimum absolute atomic E-state index is 0.256. The minimum atomic E-state index is -0.497. The molecule has 1 saturated heterocycles. The molecule has 1 aliphatic heterocycles. The highest BCUT2D eigenvalue weighted by atomic mass is 16.5. The summed E-state index contributed by atoms with van der Waals surface area (Å²) in [5, 5.41) is 10.8. The van der Waals surface area contributed by atoms with E-state index in [4.69, 9.17) is 0 Å². The van der Waals surface area contributed by atoms with E-state index in [1.165, 1.54) is 41.2 Å². The molecule has 0 spiro atoms. The molecule has 0 saturated carbocycles. The number of anilines is 1. The Bertz CT molecular complexity index is 1670. The van der Waals surface area contributed by atoms with E-state index in [0.29, 0.717) is 17.2 Å². The van der Waals surface area contributed by atoms with E-state index in [1.807, 2.05) is 24.1 Å². The Morgan fingerprint density at radius 1 is 0.850 bits per heavy atom. The van der Waals surface area contributed by atoms with Crippen LogP contribution >= 0.6 is 0 Å². The van der Waals surface area contributed by atoms with Crippen molar-refractivity contribution in [3.8, 4) is 11.1 Å². The first-order chi connectivity index (χ1) is 19.5. The quantitative estimate of drug-likeness (QED) is 0.250. The SMILES string of the molecule is CN(Cc1cccc(-c2cccc(CN3CCC(c4ccccc4)CC3)c2)c1)c1cc(=O)n(O)c2ncccc12. The first-order valence-corrected chi connectivity index (χ1v) is 13.9. The monoisotopic (exact) mass is 530 g/mol. The van der Waals surface area contributed by atoms with Gasteiger partial charge in [-0.25, -0.2) is 4.98 Å². The number of pyridine rings is 2. The summed E-state index contributed by atoms with van der Waals surface area (Å²) >= 11 is 0. The van der Waals surface area contributed by atoms with E-state index < -0.39 is 5.56 Å². The summed E-state index contributed by atoms with van der Waals surface area (Å²) in [6.07, 6.45) is 3.99. The standard InChI is InChI=1S/C34H34N4O2/c1-36(32-22-33(39)38(40)34-31(32)14-7-17-35-34)23-25-8-5-12-29(20-25)30-13-6-9-26(21-30)24-37-18-15-28(16-19-37)27-10-3-2-4-11-27/h2-14,17,20-22,28,40H,15-16,18-19,23-24H2,1H3. The van der Waals surface area contributed by atoms with Crippen LogP contribution in [0.2, 0.25) is 0 Å². The van der Waals surface area contributed by atoms with Gasteiger partial charge in [-0.2, -0.15) is 0 Å². The van der Waals surface area contributed by atoms with Gasteiger partial charge in [-0.3, -0.25) is 9.69 Å². The van der Waals surface area contributed by atoms with E-state index in [-0.39, 0.29) is 5.65 Å². The summed E-state index contributed by atoms with van der Waals surface area (Å²) in [5.74, 6) is 0.666. The van der Waals surface area contributed by atoms with Gasteiger partial charge < -0.3 is 10.1 Å². The lowest BCUT2D eigenvalue weighted by molar-refractivity contribution is 0.186. The molecule has 1 aliphatic rings. The lowest BCUT2D eigenvalue weighted by atomic mass is 9.89. The molecule has 0 amide bonds. The van der Waals surface area contributed by atoms with Crippen molar-refractivity contribution < 1.29 is 5.21 Å². The highest BCUT2D eigenvalue weighted by Crippen LogP contribution is 2.30. The van der Waals surface area contributed by atoms with Gasteiger partial charge in [-0.15, -0.1) is 4.73 Å². The summed E-state index contributed by atoms with van der Waals surface area (Å²) in [6, 6.07) is 33.5. The number of aromatic nitrogens is 2. The molecule has 202 valence electrons. The van der Waals surface area contributed by atoms with Crippen molar-refractivity contribution in [2.75, 3.05) is 25.0 Å². The summed E-state index contributed by atoms with van der Waals surface area (Å²) in [5.41, 5.74) is 6.82. The zero-order chi connectivity index (χ0) is 27.5. The molecule has 6 heteroatoms. The summed E-state index contributed by atoms with van der Waals surface area (Å²) < 4.78 is 0.603. The number of hydrogen-bond acceptors (Lipinski definition) is 5. The van der Waals surface area contributed by atoms with Crippen LogP contribution in [0.4, 0.5) is 5.69 Å². The number of piperidine rings is 1. The average Bonchev–Trinajstić information content (AvgIpc) is 3.00. The van der Waals surface area contributed by atoms with Gasteiger partial charge in [0.15, 0.2) is 5.65 Å². The first-order valence-electron chi connectivity index (χ1n) is 13.9. The normalized spacial score (nSPS) is 14.4. The van der Waals surface area contributed by atoms with Crippen LogP contribution in [-0.2, 0) is 13.1 Å². The third kappa shape index (κ3) is 5.49. The molecule has 0 radical (unpaired) electrons. The van der Waals surface area contributed by atoms with Crippen LogP contribution in [0.25, 0.3) is 22.2 Å². The van der Waals surface area contributed by atoms with Crippen LogP contribution in [0.5, 0.6) is 0 Å². The van der Waals surface area contributed by atoms with Crippen molar-refractivity contribution in [2.24, 2.45) is 0 Å². The van der Waals surface area contributed by atoms with Crippen LogP contribution in [0.1, 0.15) is 35.4 Å². The third-order valence-corrected chi connectivity index (χ3v) is 8.02. The Morgan fingerprint density at radius 3 is 2.30 bits per heavy atom. The molecule has 1 fully saturated rings. The number of benzene rings is 3. The van der Waals surface area contributed by atoms with E-state index in [9.17, 15) is 10.0 Å². The van der Waals surface area contributed by atoms with Gasteiger partial charge in [0.05, 0.1) is 5.69 Å². The van der Waals surface area contributed by atoms with Gasteiger partial charge in [0.1, 0.15) is 0 Å². The second-order valence-corrected chi connectivity index (χ2v) is 10.8. The number of rotatable bonds is 7. The molecule has 2 aromatic heterocycles. The Balaban J connectivity index is 1.15. The molecule has 3 heterocycles. The van der Waals surface area contributed by atoms with Crippen LogP contribution in [0.3, 0.4) is 0 Å². The highest BCUT2D eigenvalue weighted by Gasteiger charge is 2.20. The zero-order valence-corrected chi connectivity index (χ0v) is 22.8. The molecule has 3 aromatic carbocycles. The second-order valence-electron chi connectivity index (χ2n) is 10.8. The zero-order valence-electron chi connectivity index (χ0n) is 22.8. The molecule has 0 aliphatic carbocycles. The molecule has 6 rings (SSSR count). The van der Waals surface area contributed by atoms with Crippen molar-refractivity contribution in [3.63, 3.8) is 0 Å². The van der Waals surface area contributed by atoms with E-state index in [0.717, 1.165) is 36.3 Å². The topological polar surface area (TPSA) is 61.6 Å². The van der Waals surface area contributed by atoms with E-state index in [1.54, 1.807) is 6.20 Å². The Kier molecular flexibility index (Phi) is 7.34. The van der Waals surface area contributed by atoms with Gasteiger partial charge in [0.25, 0.3) is 5.56 Å². The minimum Gasteiger partial charge on any atom is -0.423 e. The Morgan fingerprint density at radius 2 is 1.55 bits per heavy atom. The fourth-order valence-electron chi connectivity index (χ4n) is 5.91. The number of likely N-dealkylation sites (tertiary alicyclic amines) is 1. The second kappa shape index (κ2) is 11.4. The molecule has 0 atom stereocenters. The Hall–Kier alpha value is -4.42. The predicted octanol–water partition coefficient (Wildman–Crippen LogP) is 6.32. The Labute approximate surface area is 234 Å². The molecule has 6 nitrogen and oxygen atoms in total. The van der Waals surface area contributed by atoms with Gasteiger partial charge in [0, 0.05) is 37.8 Å². The molecular weight excluding hydrogens is 496 g/mol. The molecule has 5 aromatic rings. The van der Waals surface area contributed by atoms with Crippen LogP contribution in [0, 0.1) is 0 Å². The maximum atomic E-state index is 12.3. The molecule has 1 N–H and O–H groups in total. The predicted molar refractivity (Wildman–Crippen MR) is 161 cm³/mol. The molecular formula is C34H34N4O2. The highest BCUT2D eigenvalue weighted by molar-refractivity contribution is 5.89. The largest absolute Gasteiger partial charge is 0.423 e. The van der Waals surface area contributed by atoms with Gasteiger partial charge in [-0.05, 0) is 83.9 Å². The first kappa shape index (κ1) is 25.8. The molecule has 0 bridgehead atoms. The van der Waals surface area contributed by atoms with E-state index in [2.05, 4.69) is 88.7 Å². The third-order valence-electron chi connectivity index (χ3n) is 8.02.